The summed E-state index contributed by atoms with van der Waals surface area (Å²) in [4.78, 5) is 10.4. The van der Waals surface area contributed by atoms with Gasteiger partial charge >= 0.3 is 0 Å². The summed E-state index contributed by atoms with van der Waals surface area (Å²) in [6.45, 7) is 0. The molecule has 0 saturated carbocycles. The van der Waals surface area contributed by atoms with Gasteiger partial charge < -0.3 is 4.74 Å². The van der Waals surface area contributed by atoms with Crippen LogP contribution >= 0.6 is 0 Å². The molecule has 0 saturated heterocycles. The number of nitriles is 1. The maximum atomic E-state index is 9.52. The first-order valence-corrected chi connectivity index (χ1v) is 17.4. The number of rotatable bonds is 4. The first-order valence-electron chi connectivity index (χ1n) is 17.4. The molecule has 0 amide bonds. The van der Waals surface area contributed by atoms with Crippen molar-refractivity contribution in [1.29, 1.82) is 5.26 Å². The van der Waals surface area contributed by atoms with E-state index in [1.54, 1.807) is 0 Å². The van der Waals surface area contributed by atoms with Crippen molar-refractivity contribution in [2.45, 2.75) is 5.41 Å². The lowest BCUT2D eigenvalue weighted by molar-refractivity contribution is 0.437. The molecule has 242 valence electrons. The number of aromatic nitrogens is 2. The second kappa shape index (κ2) is 11.8. The normalized spacial score (nSPS) is 14.8. The van der Waals surface area contributed by atoms with E-state index < -0.39 is 5.41 Å². The third-order valence-corrected chi connectivity index (χ3v) is 10.4. The van der Waals surface area contributed by atoms with Crippen LogP contribution in [0.5, 0.6) is 11.5 Å². The summed E-state index contributed by atoms with van der Waals surface area (Å²) in [7, 11) is 0. The lowest BCUT2D eigenvalue weighted by Crippen LogP contribution is -2.32. The number of fused-ring (bicyclic) bond motifs is 9. The molecule has 0 bridgehead atoms. The smallest absolute Gasteiger partial charge is 0.164 e. The highest BCUT2D eigenvalue weighted by molar-refractivity contribution is 5.97. The molecular formula is C48H29N3O. The van der Waals surface area contributed by atoms with Crippen molar-refractivity contribution in [3.8, 4) is 73.7 Å². The zero-order valence-corrected chi connectivity index (χ0v) is 28.0. The lowest BCUT2D eigenvalue weighted by Gasteiger charge is -2.40. The fourth-order valence-electron chi connectivity index (χ4n) is 8.19. The zero-order valence-electron chi connectivity index (χ0n) is 28.0. The van der Waals surface area contributed by atoms with E-state index in [0.717, 1.165) is 61.8 Å². The van der Waals surface area contributed by atoms with Gasteiger partial charge in [0.15, 0.2) is 5.82 Å². The van der Waals surface area contributed by atoms with Crippen LogP contribution in [0.1, 0.15) is 27.8 Å². The minimum Gasteiger partial charge on any atom is -0.456 e. The average molecular weight is 664 g/mol. The van der Waals surface area contributed by atoms with Crippen molar-refractivity contribution in [2.24, 2.45) is 0 Å². The molecule has 4 nitrogen and oxygen atoms in total. The summed E-state index contributed by atoms with van der Waals surface area (Å²) < 4.78 is 7.00. The van der Waals surface area contributed by atoms with Gasteiger partial charge in [-0.05, 0) is 63.7 Å². The molecule has 8 aromatic rings. The molecule has 1 aliphatic heterocycles. The minimum absolute atomic E-state index is 0.601. The lowest BCUT2D eigenvalue weighted by atomic mass is 9.65. The fourth-order valence-corrected chi connectivity index (χ4v) is 8.19. The molecule has 0 N–H and O–H groups in total. The summed E-state index contributed by atoms with van der Waals surface area (Å²) in [5.74, 6) is 2.15. The highest BCUT2D eigenvalue weighted by Crippen LogP contribution is 2.64. The van der Waals surface area contributed by atoms with Crippen LogP contribution in [0.3, 0.4) is 0 Å². The number of hydrogen-bond acceptors (Lipinski definition) is 4. The van der Waals surface area contributed by atoms with Crippen LogP contribution in [0.25, 0.3) is 56.2 Å². The molecule has 0 radical (unpaired) electrons. The van der Waals surface area contributed by atoms with Crippen molar-refractivity contribution >= 4 is 0 Å². The van der Waals surface area contributed by atoms with Crippen molar-refractivity contribution in [3.63, 3.8) is 0 Å². The molecule has 2 aliphatic rings. The van der Waals surface area contributed by atoms with Crippen molar-refractivity contribution in [3.05, 3.63) is 204 Å². The average Bonchev–Trinajstić information content (AvgIpc) is 3.52. The van der Waals surface area contributed by atoms with Crippen LogP contribution < -0.4 is 4.74 Å². The molecule has 10 rings (SSSR count). The number of para-hydroxylation sites is 2. The summed E-state index contributed by atoms with van der Waals surface area (Å²) in [6.07, 6.45) is 0. The van der Waals surface area contributed by atoms with E-state index in [1.165, 1.54) is 22.3 Å². The van der Waals surface area contributed by atoms with Gasteiger partial charge in [-0.15, -0.1) is 0 Å². The van der Waals surface area contributed by atoms with Crippen LogP contribution in [0.15, 0.2) is 176 Å². The second-order valence-electron chi connectivity index (χ2n) is 13.2. The third kappa shape index (κ3) is 4.40. The standard InChI is InChI=1S/C48H29N3O/c49-30-31-25-27-32(28-26-31)35-18-11-22-40-45(35)36-17-7-8-20-38(36)48(40)39-21-9-10-24-44(39)52-46-37(19-12-23-41(46)48)47-50-42(33-13-3-1-4-14-33)29-43(51-47)34-15-5-2-6-16-34/h1-29H. The van der Waals surface area contributed by atoms with Gasteiger partial charge in [-0.3, -0.25) is 0 Å². The van der Waals surface area contributed by atoms with Gasteiger partial charge in [0.2, 0.25) is 0 Å². The predicted octanol–water partition coefficient (Wildman–Crippen LogP) is 11.5. The molecular weight excluding hydrogens is 635 g/mol. The Morgan fingerprint density at radius 3 is 1.71 bits per heavy atom. The Labute approximate surface area is 301 Å². The summed E-state index contributed by atoms with van der Waals surface area (Å²) in [5, 5.41) is 9.52. The van der Waals surface area contributed by atoms with E-state index in [9.17, 15) is 5.26 Å². The first kappa shape index (κ1) is 29.8. The van der Waals surface area contributed by atoms with Crippen LogP contribution in [-0.4, -0.2) is 9.97 Å². The largest absolute Gasteiger partial charge is 0.456 e. The van der Waals surface area contributed by atoms with Crippen molar-refractivity contribution < 1.29 is 4.74 Å². The molecule has 1 spiro atoms. The van der Waals surface area contributed by atoms with Gasteiger partial charge in [-0.1, -0.05) is 146 Å². The number of hydrogen-bond donors (Lipinski definition) is 0. The Balaban J connectivity index is 1.27. The monoisotopic (exact) mass is 663 g/mol. The van der Waals surface area contributed by atoms with Gasteiger partial charge in [0.25, 0.3) is 0 Å². The van der Waals surface area contributed by atoms with Gasteiger partial charge in [0.05, 0.1) is 34.0 Å². The SMILES string of the molecule is N#Cc1ccc(-c2cccc3c2-c2ccccc2C32c3ccccc3Oc3c(-c4nc(-c5ccccc5)cc(-c5ccccc5)n4)cccc32)cc1. The first-order chi connectivity index (χ1) is 25.7. The number of nitrogens with zero attached hydrogens (tertiary/aromatic N) is 3. The van der Waals surface area contributed by atoms with E-state index in [0.29, 0.717) is 11.4 Å². The predicted molar refractivity (Wildman–Crippen MR) is 206 cm³/mol. The van der Waals surface area contributed by atoms with Gasteiger partial charge in [-0.25, -0.2) is 9.97 Å². The summed E-state index contributed by atoms with van der Waals surface area (Å²) >= 11 is 0. The topological polar surface area (TPSA) is 58.8 Å². The second-order valence-corrected chi connectivity index (χ2v) is 13.2. The Kier molecular flexibility index (Phi) is 6.74. The summed E-state index contributed by atoms with van der Waals surface area (Å²) in [6, 6.07) is 62.9. The van der Waals surface area contributed by atoms with E-state index in [2.05, 4.69) is 115 Å². The highest BCUT2D eigenvalue weighted by atomic mass is 16.5. The maximum Gasteiger partial charge on any atom is 0.164 e. The minimum atomic E-state index is -0.673. The van der Waals surface area contributed by atoms with Gasteiger partial charge in [0.1, 0.15) is 11.5 Å². The van der Waals surface area contributed by atoms with E-state index in [1.807, 2.05) is 66.7 Å². The Bertz CT molecular complexity index is 2660. The van der Waals surface area contributed by atoms with E-state index >= 15 is 0 Å². The molecule has 52 heavy (non-hydrogen) atoms. The number of ether oxygens (including phenoxy) is 1. The molecule has 0 fully saturated rings. The van der Waals surface area contributed by atoms with Crippen molar-refractivity contribution in [1.82, 2.24) is 9.97 Å². The fraction of sp³-hybridized carbons (Fsp3) is 0.0208. The zero-order chi connectivity index (χ0) is 34.6. The van der Waals surface area contributed by atoms with Crippen LogP contribution in [-0.2, 0) is 5.41 Å². The summed E-state index contributed by atoms with van der Waals surface area (Å²) in [5.41, 5.74) is 13.6. The van der Waals surface area contributed by atoms with E-state index in [4.69, 9.17) is 14.7 Å². The van der Waals surface area contributed by atoms with Crippen molar-refractivity contribution in [2.75, 3.05) is 0 Å². The molecule has 1 atom stereocenters. The Morgan fingerprint density at radius 1 is 0.462 bits per heavy atom. The van der Waals surface area contributed by atoms with Crippen LogP contribution in [0, 0.1) is 11.3 Å². The molecule has 2 heterocycles. The molecule has 1 unspecified atom stereocenters. The van der Waals surface area contributed by atoms with Crippen LogP contribution in [0.2, 0.25) is 0 Å². The van der Waals surface area contributed by atoms with Gasteiger partial charge in [-0.2, -0.15) is 5.26 Å². The highest BCUT2D eigenvalue weighted by Gasteiger charge is 2.52. The molecule has 7 aromatic carbocycles. The van der Waals surface area contributed by atoms with E-state index in [-0.39, 0.29) is 0 Å². The quantitative estimate of drug-likeness (QED) is 0.188. The molecule has 4 heteroatoms. The Morgan fingerprint density at radius 2 is 1.02 bits per heavy atom. The number of benzene rings is 7. The maximum absolute atomic E-state index is 9.52. The third-order valence-electron chi connectivity index (χ3n) is 10.4. The van der Waals surface area contributed by atoms with Gasteiger partial charge in [0, 0.05) is 22.3 Å². The van der Waals surface area contributed by atoms with Crippen LogP contribution in [0.4, 0.5) is 0 Å². The molecule has 1 aliphatic carbocycles. The Hall–Kier alpha value is -7.09. The molecule has 1 aromatic heterocycles.